The van der Waals surface area contributed by atoms with Crippen LogP contribution in [0.3, 0.4) is 0 Å². The predicted molar refractivity (Wildman–Crippen MR) is 88.7 cm³/mol. The van der Waals surface area contributed by atoms with E-state index in [2.05, 4.69) is 28.2 Å². The SMILES string of the molecule is CCC1SCCSC1C(NC)c1cc(Br)ccc1F. The summed E-state index contributed by atoms with van der Waals surface area (Å²) in [7, 11) is 1.93. The molecule has 0 spiro atoms. The van der Waals surface area contributed by atoms with Crippen LogP contribution in [0.4, 0.5) is 4.39 Å². The van der Waals surface area contributed by atoms with E-state index in [1.54, 1.807) is 12.1 Å². The fourth-order valence-electron chi connectivity index (χ4n) is 2.50. The highest BCUT2D eigenvalue weighted by molar-refractivity contribution is 9.10. The standard InChI is InChI=1S/C14H19BrFNS2/c1-3-12-14(19-7-6-18-12)13(17-2)10-8-9(15)4-5-11(10)16/h4-5,8,12-14,17H,3,6-7H2,1-2H3. The molecule has 0 bridgehead atoms. The molecule has 1 saturated heterocycles. The van der Waals surface area contributed by atoms with Crippen molar-refractivity contribution in [3.63, 3.8) is 0 Å². The molecule has 1 nitrogen and oxygen atoms in total. The number of benzene rings is 1. The van der Waals surface area contributed by atoms with Gasteiger partial charge in [-0.05, 0) is 31.7 Å². The Labute approximate surface area is 131 Å². The van der Waals surface area contributed by atoms with Crippen molar-refractivity contribution in [2.75, 3.05) is 18.6 Å². The van der Waals surface area contributed by atoms with Gasteiger partial charge in [-0.3, -0.25) is 0 Å². The maximum Gasteiger partial charge on any atom is 0.128 e. The Kier molecular flexibility index (Phi) is 6.06. The van der Waals surface area contributed by atoms with E-state index in [1.165, 1.54) is 5.75 Å². The number of hydrogen-bond donors (Lipinski definition) is 1. The van der Waals surface area contributed by atoms with Crippen LogP contribution >= 0.6 is 39.5 Å². The highest BCUT2D eigenvalue weighted by Gasteiger charge is 2.33. The molecule has 0 saturated carbocycles. The van der Waals surface area contributed by atoms with Gasteiger partial charge in [0.25, 0.3) is 0 Å². The van der Waals surface area contributed by atoms with Crippen LogP contribution in [0.15, 0.2) is 22.7 Å². The number of halogens is 2. The summed E-state index contributed by atoms with van der Waals surface area (Å²) in [4.78, 5) is 0. The first-order valence-electron chi connectivity index (χ1n) is 6.52. The molecule has 1 aromatic rings. The van der Waals surface area contributed by atoms with E-state index in [-0.39, 0.29) is 11.9 Å². The highest BCUT2D eigenvalue weighted by atomic mass is 79.9. The minimum atomic E-state index is -0.117. The number of nitrogens with one attached hydrogen (secondary N) is 1. The molecule has 1 heterocycles. The van der Waals surface area contributed by atoms with Gasteiger partial charge in [0.1, 0.15) is 5.82 Å². The van der Waals surface area contributed by atoms with Crippen molar-refractivity contribution >= 4 is 39.5 Å². The second-order valence-corrected chi connectivity index (χ2v) is 8.13. The monoisotopic (exact) mass is 363 g/mol. The van der Waals surface area contributed by atoms with Crippen molar-refractivity contribution in [2.45, 2.75) is 29.9 Å². The van der Waals surface area contributed by atoms with E-state index in [0.717, 1.165) is 22.2 Å². The Morgan fingerprint density at radius 3 is 2.84 bits per heavy atom. The van der Waals surface area contributed by atoms with Crippen LogP contribution in [-0.4, -0.2) is 29.1 Å². The third-order valence-electron chi connectivity index (χ3n) is 3.43. The topological polar surface area (TPSA) is 12.0 Å². The molecule has 3 unspecified atom stereocenters. The molecule has 0 aliphatic carbocycles. The molecular weight excluding hydrogens is 345 g/mol. The van der Waals surface area contributed by atoms with Gasteiger partial charge in [-0.25, -0.2) is 4.39 Å². The van der Waals surface area contributed by atoms with Gasteiger partial charge in [0.05, 0.1) is 0 Å². The maximum atomic E-state index is 14.1. The van der Waals surface area contributed by atoms with Gasteiger partial charge in [-0.15, -0.1) is 0 Å². The van der Waals surface area contributed by atoms with Gasteiger partial charge in [0.15, 0.2) is 0 Å². The molecule has 0 amide bonds. The number of thioether (sulfide) groups is 2. The average Bonchev–Trinajstić information content (AvgIpc) is 2.44. The lowest BCUT2D eigenvalue weighted by atomic mass is 10.00. The zero-order valence-electron chi connectivity index (χ0n) is 11.2. The van der Waals surface area contributed by atoms with Crippen molar-refractivity contribution in [3.05, 3.63) is 34.1 Å². The number of rotatable bonds is 4. The Hall–Kier alpha value is 0.290. The van der Waals surface area contributed by atoms with Gasteiger partial charge < -0.3 is 5.32 Å². The molecule has 1 aromatic carbocycles. The lowest BCUT2D eigenvalue weighted by molar-refractivity contribution is 0.506. The summed E-state index contributed by atoms with van der Waals surface area (Å²) in [5, 5.41) is 4.35. The van der Waals surface area contributed by atoms with Crippen LogP contribution in [-0.2, 0) is 0 Å². The van der Waals surface area contributed by atoms with Gasteiger partial charge >= 0.3 is 0 Å². The van der Waals surface area contributed by atoms with Crippen molar-refractivity contribution in [1.82, 2.24) is 5.32 Å². The summed E-state index contributed by atoms with van der Waals surface area (Å²) < 4.78 is 15.1. The molecular formula is C14H19BrFNS2. The van der Waals surface area contributed by atoms with E-state index in [4.69, 9.17) is 0 Å². The first-order chi connectivity index (χ1) is 9.17. The predicted octanol–water partition coefficient (Wildman–Crippen LogP) is 4.48. The Morgan fingerprint density at radius 2 is 2.16 bits per heavy atom. The maximum absolute atomic E-state index is 14.1. The van der Waals surface area contributed by atoms with Crippen LogP contribution < -0.4 is 5.32 Å². The summed E-state index contributed by atoms with van der Waals surface area (Å²) in [6, 6.07) is 5.28. The smallest absolute Gasteiger partial charge is 0.128 e. The summed E-state index contributed by atoms with van der Waals surface area (Å²) in [5.74, 6) is 2.24. The van der Waals surface area contributed by atoms with Gasteiger partial charge in [-0.2, -0.15) is 23.5 Å². The molecule has 106 valence electrons. The fourth-order valence-corrected chi connectivity index (χ4v) is 6.16. The van der Waals surface area contributed by atoms with Gasteiger partial charge in [0, 0.05) is 38.1 Å². The second-order valence-electron chi connectivity index (χ2n) is 4.59. The lowest BCUT2D eigenvalue weighted by Gasteiger charge is -2.36. The third kappa shape index (κ3) is 3.69. The van der Waals surface area contributed by atoms with E-state index in [9.17, 15) is 4.39 Å². The summed E-state index contributed by atoms with van der Waals surface area (Å²) >= 11 is 7.44. The summed E-state index contributed by atoms with van der Waals surface area (Å²) in [6.07, 6.45) is 1.14. The largest absolute Gasteiger partial charge is 0.312 e. The summed E-state index contributed by atoms with van der Waals surface area (Å²) in [5.41, 5.74) is 0.773. The molecule has 0 radical (unpaired) electrons. The highest BCUT2D eigenvalue weighted by Crippen LogP contribution is 2.41. The molecule has 1 fully saturated rings. The van der Waals surface area contributed by atoms with Crippen molar-refractivity contribution in [2.24, 2.45) is 0 Å². The van der Waals surface area contributed by atoms with Gasteiger partial charge in [0.2, 0.25) is 0 Å². The zero-order chi connectivity index (χ0) is 13.8. The average molecular weight is 364 g/mol. The number of hydrogen-bond acceptors (Lipinski definition) is 3. The molecule has 2 rings (SSSR count). The third-order valence-corrected chi connectivity index (χ3v) is 7.27. The van der Waals surface area contributed by atoms with Crippen LogP contribution in [0.1, 0.15) is 24.9 Å². The molecule has 1 aliphatic heterocycles. The first-order valence-corrected chi connectivity index (χ1v) is 9.41. The van der Waals surface area contributed by atoms with E-state index >= 15 is 0 Å². The molecule has 1 aliphatic rings. The molecule has 5 heteroatoms. The van der Waals surface area contributed by atoms with Crippen LogP contribution in [0.5, 0.6) is 0 Å². The van der Waals surface area contributed by atoms with E-state index < -0.39 is 0 Å². The molecule has 0 aromatic heterocycles. The second kappa shape index (κ2) is 7.34. The Balaban J connectivity index is 2.29. The van der Waals surface area contributed by atoms with Crippen molar-refractivity contribution in [1.29, 1.82) is 0 Å². The van der Waals surface area contributed by atoms with E-state index in [1.807, 2.05) is 36.6 Å². The van der Waals surface area contributed by atoms with Crippen LogP contribution in [0.25, 0.3) is 0 Å². The molecule has 3 atom stereocenters. The van der Waals surface area contributed by atoms with Gasteiger partial charge in [-0.1, -0.05) is 22.9 Å². The first kappa shape index (κ1) is 15.7. The van der Waals surface area contributed by atoms with Crippen LogP contribution in [0.2, 0.25) is 0 Å². The summed E-state index contributed by atoms with van der Waals surface area (Å²) in [6.45, 7) is 2.22. The Morgan fingerprint density at radius 1 is 1.42 bits per heavy atom. The fraction of sp³-hybridized carbons (Fsp3) is 0.571. The van der Waals surface area contributed by atoms with Crippen molar-refractivity contribution in [3.8, 4) is 0 Å². The quantitative estimate of drug-likeness (QED) is 0.846. The molecule has 19 heavy (non-hydrogen) atoms. The van der Waals surface area contributed by atoms with Crippen molar-refractivity contribution < 1.29 is 4.39 Å². The lowest BCUT2D eigenvalue weighted by Crippen LogP contribution is -2.37. The minimum absolute atomic E-state index is 0.0697. The van der Waals surface area contributed by atoms with E-state index in [0.29, 0.717) is 10.5 Å². The van der Waals surface area contributed by atoms with Crippen LogP contribution in [0, 0.1) is 5.82 Å². The normalized spacial score (nSPS) is 25.3. The Bertz CT molecular complexity index is 430. The minimum Gasteiger partial charge on any atom is -0.312 e. The molecule has 1 N–H and O–H groups in total. The zero-order valence-corrected chi connectivity index (χ0v) is 14.4.